The van der Waals surface area contributed by atoms with E-state index in [1.54, 1.807) is 0 Å². The summed E-state index contributed by atoms with van der Waals surface area (Å²) in [6.45, 7) is 6.59. The van der Waals surface area contributed by atoms with Gasteiger partial charge in [-0.1, -0.05) is 26.7 Å². The summed E-state index contributed by atoms with van der Waals surface area (Å²) in [5.74, 6) is 2.19. The van der Waals surface area contributed by atoms with Crippen molar-refractivity contribution in [1.29, 1.82) is 0 Å². The number of ether oxygens (including phenoxy) is 1. The van der Waals surface area contributed by atoms with E-state index < -0.39 is 0 Å². The molecule has 14 heavy (non-hydrogen) atoms. The molecule has 0 fully saturated rings. The Morgan fingerprint density at radius 2 is 2.14 bits per heavy atom. The van der Waals surface area contributed by atoms with Gasteiger partial charge in [-0.25, -0.2) is 0 Å². The molecule has 0 rings (SSSR count). The number of terminal acetylenes is 1. The third kappa shape index (κ3) is 5.60. The van der Waals surface area contributed by atoms with Crippen molar-refractivity contribution >= 4 is 5.97 Å². The van der Waals surface area contributed by atoms with Crippen molar-refractivity contribution < 1.29 is 9.53 Å². The van der Waals surface area contributed by atoms with E-state index in [2.05, 4.69) is 36.7 Å². The molecule has 0 saturated carbocycles. The normalized spacial score (nSPS) is 13.1. The largest absolute Gasteiger partial charge is 0.468 e. The number of nitrogens with one attached hydrogen (secondary N) is 1. The fourth-order valence-electron chi connectivity index (χ4n) is 1.18. The quantitative estimate of drug-likeness (QED) is 0.543. The molecular weight excluding hydrogens is 178 g/mol. The van der Waals surface area contributed by atoms with Crippen molar-refractivity contribution in [3.05, 3.63) is 0 Å². The van der Waals surface area contributed by atoms with E-state index in [-0.39, 0.29) is 17.4 Å². The number of carbonyl (C=O) groups excluding carboxylic acids is 1. The van der Waals surface area contributed by atoms with Crippen molar-refractivity contribution in [2.75, 3.05) is 13.7 Å². The fourth-order valence-corrected chi connectivity index (χ4v) is 1.18. The number of methoxy groups -OCH3 is 1. The predicted molar refractivity (Wildman–Crippen MR) is 56.7 cm³/mol. The summed E-state index contributed by atoms with van der Waals surface area (Å²) in [5.41, 5.74) is 0.0699. The molecule has 80 valence electrons. The molecule has 0 amide bonds. The van der Waals surface area contributed by atoms with Gasteiger partial charge in [0, 0.05) is 0 Å². The maximum Gasteiger partial charge on any atom is 0.322 e. The summed E-state index contributed by atoms with van der Waals surface area (Å²) in [7, 11) is 1.38. The van der Waals surface area contributed by atoms with E-state index in [1.165, 1.54) is 7.11 Å². The van der Waals surface area contributed by atoms with Crippen LogP contribution >= 0.6 is 0 Å². The Bertz CT molecular complexity index is 222. The van der Waals surface area contributed by atoms with Gasteiger partial charge >= 0.3 is 5.97 Å². The first-order valence-electron chi connectivity index (χ1n) is 4.65. The molecule has 1 atom stereocenters. The third-order valence-electron chi connectivity index (χ3n) is 1.75. The predicted octanol–water partition coefficient (Wildman–Crippen LogP) is 1.19. The van der Waals surface area contributed by atoms with E-state index in [1.807, 2.05) is 0 Å². The second kappa shape index (κ2) is 5.66. The Kier molecular flexibility index (Phi) is 5.26. The van der Waals surface area contributed by atoms with Crippen LogP contribution in [0.1, 0.15) is 27.2 Å². The second-order valence-corrected chi connectivity index (χ2v) is 4.43. The molecule has 0 bridgehead atoms. The van der Waals surface area contributed by atoms with Gasteiger partial charge in [-0.2, -0.15) is 0 Å². The Morgan fingerprint density at radius 3 is 2.50 bits per heavy atom. The van der Waals surface area contributed by atoms with Crippen LogP contribution < -0.4 is 5.32 Å². The van der Waals surface area contributed by atoms with E-state index in [4.69, 9.17) is 6.42 Å². The van der Waals surface area contributed by atoms with Crippen molar-refractivity contribution in [3.63, 3.8) is 0 Å². The molecule has 0 aromatic heterocycles. The lowest BCUT2D eigenvalue weighted by Gasteiger charge is -2.24. The first-order valence-corrected chi connectivity index (χ1v) is 4.65. The summed E-state index contributed by atoms with van der Waals surface area (Å²) in [5, 5.41) is 2.97. The smallest absolute Gasteiger partial charge is 0.322 e. The highest BCUT2D eigenvalue weighted by atomic mass is 16.5. The van der Waals surface area contributed by atoms with E-state index in [0.717, 1.165) is 0 Å². The maximum atomic E-state index is 11.3. The number of hydrogen-bond donors (Lipinski definition) is 1. The van der Waals surface area contributed by atoms with Gasteiger partial charge in [0.05, 0.1) is 13.7 Å². The molecule has 0 radical (unpaired) electrons. The lowest BCUT2D eigenvalue weighted by molar-refractivity contribution is -0.143. The van der Waals surface area contributed by atoms with Crippen LogP contribution in [-0.2, 0) is 9.53 Å². The number of hydrogen-bond acceptors (Lipinski definition) is 3. The van der Waals surface area contributed by atoms with E-state index in [9.17, 15) is 4.79 Å². The summed E-state index contributed by atoms with van der Waals surface area (Å²) >= 11 is 0. The first-order chi connectivity index (χ1) is 6.40. The van der Waals surface area contributed by atoms with Gasteiger partial charge in [0.1, 0.15) is 6.04 Å². The molecule has 0 aliphatic rings. The highest BCUT2D eigenvalue weighted by molar-refractivity contribution is 5.75. The number of rotatable bonds is 4. The minimum atomic E-state index is -0.309. The van der Waals surface area contributed by atoms with Crippen LogP contribution in [-0.4, -0.2) is 25.7 Å². The Balaban J connectivity index is 4.26. The van der Waals surface area contributed by atoms with Crippen LogP contribution in [0.3, 0.4) is 0 Å². The fraction of sp³-hybridized carbons (Fsp3) is 0.727. The molecular formula is C11H19NO2. The monoisotopic (exact) mass is 197 g/mol. The molecule has 1 N–H and O–H groups in total. The Hall–Kier alpha value is -1.01. The molecule has 0 spiro atoms. The van der Waals surface area contributed by atoms with Crippen LogP contribution in [0.4, 0.5) is 0 Å². The molecule has 0 aromatic rings. The lowest BCUT2D eigenvalue weighted by atomic mass is 9.88. The molecule has 0 aliphatic heterocycles. The third-order valence-corrected chi connectivity index (χ3v) is 1.75. The van der Waals surface area contributed by atoms with Gasteiger partial charge in [0.25, 0.3) is 0 Å². The van der Waals surface area contributed by atoms with Crippen molar-refractivity contribution in [1.82, 2.24) is 5.32 Å². The summed E-state index contributed by atoms with van der Waals surface area (Å²) < 4.78 is 4.69. The van der Waals surface area contributed by atoms with Crippen LogP contribution in [0.15, 0.2) is 0 Å². The number of esters is 1. The highest BCUT2D eigenvalue weighted by Crippen LogP contribution is 2.21. The minimum Gasteiger partial charge on any atom is -0.468 e. The molecule has 0 heterocycles. The zero-order valence-electron chi connectivity index (χ0n) is 9.39. The minimum absolute atomic E-state index is 0.0699. The van der Waals surface area contributed by atoms with Gasteiger partial charge in [0.2, 0.25) is 0 Å². The molecule has 1 unspecified atom stereocenters. The van der Waals surface area contributed by atoms with Crippen LogP contribution in [0.5, 0.6) is 0 Å². The van der Waals surface area contributed by atoms with Crippen molar-refractivity contribution in [2.45, 2.75) is 33.2 Å². The van der Waals surface area contributed by atoms with Crippen molar-refractivity contribution in [3.8, 4) is 12.3 Å². The van der Waals surface area contributed by atoms with Crippen LogP contribution in [0, 0.1) is 17.8 Å². The second-order valence-electron chi connectivity index (χ2n) is 4.43. The van der Waals surface area contributed by atoms with Crippen molar-refractivity contribution in [2.24, 2.45) is 5.41 Å². The standard InChI is InChI=1S/C11H19NO2/c1-6-7-12-9(10(13)14-5)8-11(2,3)4/h1,9,12H,7-8H2,2-5H3. The number of carbonyl (C=O) groups is 1. The van der Waals surface area contributed by atoms with Gasteiger partial charge < -0.3 is 4.74 Å². The van der Waals surface area contributed by atoms with Crippen LogP contribution in [0.2, 0.25) is 0 Å². The van der Waals surface area contributed by atoms with E-state index >= 15 is 0 Å². The summed E-state index contributed by atoms with van der Waals surface area (Å²) in [6, 6.07) is -0.309. The average molecular weight is 197 g/mol. The zero-order chi connectivity index (χ0) is 11.2. The Labute approximate surface area is 86.2 Å². The van der Waals surface area contributed by atoms with E-state index in [0.29, 0.717) is 13.0 Å². The molecule has 3 heteroatoms. The topological polar surface area (TPSA) is 38.3 Å². The summed E-state index contributed by atoms with van der Waals surface area (Å²) in [6.07, 6.45) is 5.83. The van der Waals surface area contributed by atoms with Gasteiger partial charge in [-0.05, 0) is 11.8 Å². The molecule has 0 aromatic carbocycles. The molecule has 0 aliphatic carbocycles. The highest BCUT2D eigenvalue weighted by Gasteiger charge is 2.24. The maximum absolute atomic E-state index is 11.3. The molecule has 3 nitrogen and oxygen atoms in total. The first kappa shape index (κ1) is 13.0. The van der Waals surface area contributed by atoms with Gasteiger partial charge in [-0.15, -0.1) is 6.42 Å². The Morgan fingerprint density at radius 1 is 1.57 bits per heavy atom. The SMILES string of the molecule is C#CCNC(CC(C)(C)C)C(=O)OC. The van der Waals surface area contributed by atoms with Gasteiger partial charge in [0.15, 0.2) is 0 Å². The average Bonchev–Trinajstić information content (AvgIpc) is 2.09. The molecule has 0 saturated heterocycles. The lowest BCUT2D eigenvalue weighted by Crippen LogP contribution is -2.40. The summed E-state index contributed by atoms with van der Waals surface area (Å²) in [4.78, 5) is 11.3. The van der Waals surface area contributed by atoms with Gasteiger partial charge in [-0.3, -0.25) is 10.1 Å². The van der Waals surface area contributed by atoms with Crippen LogP contribution in [0.25, 0.3) is 0 Å². The zero-order valence-corrected chi connectivity index (χ0v) is 9.39.